The largest absolute Gasteiger partial charge is 0.494 e. The Labute approximate surface area is 105 Å². The van der Waals surface area contributed by atoms with Crippen LogP contribution in [0.25, 0.3) is 0 Å². The van der Waals surface area contributed by atoms with Crippen molar-refractivity contribution in [2.75, 3.05) is 13.2 Å². The molecule has 0 aliphatic rings. The standard InChI is InChI=1S/C15H25NO/c1-12(2)13-5-7-14(8-6-13)17-10-9-15(3,4)11-16/h5-8,12H,9-11,16H2,1-4H3. The SMILES string of the molecule is CC(C)c1ccc(OCCC(C)(C)CN)cc1. The molecule has 1 aromatic rings. The molecule has 0 aliphatic heterocycles. The summed E-state index contributed by atoms with van der Waals surface area (Å²) in [7, 11) is 0. The lowest BCUT2D eigenvalue weighted by Crippen LogP contribution is -2.25. The lowest BCUT2D eigenvalue weighted by atomic mass is 9.90. The van der Waals surface area contributed by atoms with E-state index in [1.165, 1.54) is 5.56 Å². The molecule has 2 nitrogen and oxygen atoms in total. The van der Waals surface area contributed by atoms with Crippen molar-refractivity contribution in [2.24, 2.45) is 11.1 Å². The van der Waals surface area contributed by atoms with Crippen LogP contribution in [-0.4, -0.2) is 13.2 Å². The predicted octanol–water partition coefficient (Wildman–Crippen LogP) is 3.56. The van der Waals surface area contributed by atoms with Crippen molar-refractivity contribution in [1.82, 2.24) is 0 Å². The van der Waals surface area contributed by atoms with Gasteiger partial charge in [0.1, 0.15) is 5.75 Å². The molecule has 96 valence electrons. The van der Waals surface area contributed by atoms with Crippen LogP contribution in [0, 0.1) is 5.41 Å². The van der Waals surface area contributed by atoms with Crippen LogP contribution in [0.5, 0.6) is 5.75 Å². The Kier molecular flexibility index (Phi) is 5.01. The van der Waals surface area contributed by atoms with E-state index in [4.69, 9.17) is 10.5 Å². The molecule has 2 N–H and O–H groups in total. The van der Waals surface area contributed by atoms with Crippen LogP contribution in [0.3, 0.4) is 0 Å². The highest BCUT2D eigenvalue weighted by molar-refractivity contribution is 5.28. The maximum Gasteiger partial charge on any atom is 0.119 e. The summed E-state index contributed by atoms with van der Waals surface area (Å²) in [5, 5.41) is 0. The van der Waals surface area contributed by atoms with Gasteiger partial charge in [-0.05, 0) is 42.0 Å². The van der Waals surface area contributed by atoms with E-state index in [1.54, 1.807) is 0 Å². The van der Waals surface area contributed by atoms with Crippen LogP contribution in [0.15, 0.2) is 24.3 Å². The summed E-state index contributed by atoms with van der Waals surface area (Å²) >= 11 is 0. The Balaban J connectivity index is 2.42. The van der Waals surface area contributed by atoms with E-state index in [9.17, 15) is 0 Å². The molecule has 0 aliphatic carbocycles. The van der Waals surface area contributed by atoms with Crippen molar-refractivity contribution in [3.63, 3.8) is 0 Å². The van der Waals surface area contributed by atoms with Gasteiger partial charge in [0.25, 0.3) is 0 Å². The third-order valence-corrected chi connectivity index (χ3v) is 3.15. The van der Waals surface area contributed by atoms with Crippen LogP contribution < -0.4 is 10.5 Å². The molecule has 0 saturated heterocycles. The van der Waals surface area contributed by atoms with Gasteiger partial charge in [-0.25, -0.2) is 0 Å². The number of ether oxygens (including phenoxy) is 1. The van der Waals surface area contributed by atoms with E-state index in [-0.39, 0.29) is 5.41 Å². The fourth-order valence-corrected chi connectivity index (χ4v) is 1.50. The molecule has 0 heterocycles. The first kappa shape index (κ1) is 14.0. The third kappa shape index (κ3) is 4.78. The second kappa shape index (κ2) is 6.06. The van der Waals surface area contributed by atoms with Crippen LogP contribution in [0.1, 0.15) is 45.6 Å². The highest BCUT2D eigenvalue weighted by Crippen LogP contribution is 2.21. The topological polar surface area (TPSA) is 35.2 Å². The fraction of sp³-hybridized carbons (Fsp3) is 0.600. The van der Waals surface area contributed by atoms with Gasteiger partial charge >= 0.3 is 0 Å². The van der Waals surface area contributed by atoms with Gasteiger partial charge in [0.2, 0.25) is 0 Å². The monoisotopic (exact) mass is 235 g/mol. The first-order chi connectivity index (χ1) is 7.94. The normalized spacial score (nSPS) is 11.9. The molecule has 0 saturated carbocycles. The van der Waals surface area contributed by atoms with Crippen molar-refractivity contribution in [2.45, 2.75) is 40.0 Å². The van der Waals surface area contributed by atoms with E-state index < -0.39 is 0 Å². The molecule has 2 heteroatoms. The smallest absolute Gasteiger partial charge is 0.119 e. The Hall–Kier alpha value is -1.02. The highest BCUT2D eigenvalue weighted by Gasteiger charge is 2.15. The number of benzene rings is 1. The minimum Gasteiger partial charge on any atom is -0.494 e. The maximum atomic E-state index is 5.72. The van der Waals surface area contributed by atoms with Crippen molar-refractivity contribution in [3.8, 4) is 5.75 Å². The minimum absolute atomic E-state index is 0.165. The number of rotatable bonds is 6. The lowest BCUT2D eigenvalue weighted by Gasteiger charge is -2.22. The number of nitrogens with two attached hydrogens (primary N) is 1. The van der Waals surface area contributed by atoms with Gasteiger partial charge in [-0.15, -0.1) is 0 Å². The molecule has 0 spiro atoms. The summed E-state index contributed by atoms with van der Waals surface area (Å²) in [6.07, 6.45) is 0.982. The molecule has 0 unspecified atom stereocenters. The fourth-order valence-electron chi connectivity index (χ4n) is 1.50. The van der Waals surface area contributed by atoms with E-state index in [0.29, 0.717) is 12.5 Å². The van der Waals surface area contributed by atoms with E-state index in [2.05, 4.69) is 39.8 Å². The highest BCUT2D eigenvalue weighted by atomic mass is 16.5. The Morgan fingerprint density at radius 2 is 1.76 bits per heavy atom. The molecular weight excluding hydrogens is 210 g/mol. The number of hydrogen-bond donors (Lipinski definition) is 1. The Morgan fingerprint density at radius 1 is 1.18 bits per heavy atom. The second-order valence-electron chi connectivity index (χ2n) is 5.69. The predicted molar refractivity (Wildman–Crippen MR) is 73.5 cm³/mol. The summed E-state index contributed by atoms with van der Waals surface area (Å²) in [4.78, 5) is 0. The van der Waals surface area contributed by atoms with Gasteiger partial charge < -0.3 is 10.5 Å². The van der Waals surface area contributed by atoms with E-state index >= 15 is 0 Å². The first-order valence-electron chi connectivity index (χ1n) is 6.37. The third-order valence-electron chi connectivity index (χ3n) is 3.15. The molecule has 1 rings (SSSR count). The summed E-state index contributed by atoms with van der Waals surface area (Å²) in [5.41, 5.74) is 7.19. The van der Waals surface area contributed by atoms with E-state index in [1.807, 2.05) is 12.1 Å². The molecule has 0 atom stereocenters. The molecule has 0 fully saturated rings. The van der Waals surface area contributed by atoms with Crippen molar-refractivity contribution in [1.29, 1.82) is 0 Å². The van der Waals surface area contributed by atoms with Gasteiger partial charge in [-0.3, -0.25) is 0 Å². The van der Waals surface area contributed by atoms with Crippen molar-refractivity contribution in [3.05, 3.63) is 29.8 Å². The molecule has 0 radical (unpaired) electrons. The lowest BCUT2D eigenvalue weighted by molar-refractivity contribution is 0.233. The first-order valence-corrected chi connectivity index (χ1v) is 6.37. The number of hydrogen-bond acceptors (Lipinski definition) is 2. The molecule has 0 amide bonds. The zero-order valence-corrected chi connectivity index (χ0v) is 11.5. The van der Waals surface area contributed by atoms with Gasteiger partial charge in [-0.1, -0.05) is 39.8 Å². The Bertz CT molecular complexity index is 327. The molecule has 17 heavy (non-hydrogen) atoms. The van der Waals surface area contributed by atoms with Gasteiger partial charge in [-0.2, -0.15) is 0 Å². The Morgan fingerprint density at radius 3 is 2.24 bits per heavy atom. The summed E-state index contributed by atoms with van der Waals surface area (Å²) < 4.78 is 5.72. The van der Waals surface area contributed by atoms with Crippen LogP contribution in [0.4, 0.5) is 0 Å². The van der Waals surface area contributed by atoms with Crippen LogP contribution in [-0.2, 0) is 0 Å². The molecule has 0 bridgehead atoms. The maximum absolute atomic E-state index is 5.72. The van der Waals surface area contributed by atoms with Gasteiger partial charge in [0.15, 0.2) is 0 Å². The molecule has 1 aromatic carbocycles. The summed E-state index contributed by atoms with van der Waals surface area (Å²) in [6.45, 7) is 10.1. The molecular formula is C15H25NO. The second-order valence-corrected chi connectivity index (χ2v) is 5.69. The summed E-state index contributed by atoms with van der Waals surface area (Å²) in [5.74, 6) is 1.52. The van der Waals surface area contributed by atoms with E-state index in [0.717, 1.165) is 18.8 Å². The average Bonchev–Trinajstić information content (AvgIpc) is 2.29. The zero-order chi connectivity index (χ0) is 12.9. The summed E-state index contributed by atoms with van der Waals surface area (Å²) in [6, 6.07) is 8.36. The molecule has 0 aromatic heterocycles. The van der Waals surface area contributed by atoms with Gasteiger partial charge in [0.05, 0.1) is 6.61 Å². The zero-order valence-electron chi connectivity index (χ0n) is 11.5. The van der Waals surface area contributed by atoms with Crippen molar-refractivity contribution < 1.29 is 4.74 Å². The quantitative estimate of drug-likeness (QED) is 0.818. The van der Waals surface area contributed by atoms with Crippen LogP contribution in [0.2, 0.25) is 0 Å². The van der Waals surface area contributed by atoms with Crippen LogP contribution >= 0.6 is 0 Å². The average molecular weight is 235 g/mol. The van der Waals surface area contributed by atoms with Crippen molar-refractivity contribution >= 4 is 0 Å². The van der Waals surface area contributed by atoms with Gasteiger partial charge in [0, 0.05) is 0 Å². The minimum atomic E-state index is 0.165.